The summed E-state index contributed by atoms with van der Waals surface area (Å²) in [6, 6.07) is 10.0. The second kappa shape index (κ2) is 7.93. The van der Waals surface area contributed by atoms with E-state index in [0.29, 0.717) is 5.13 Å². The van der Waals surface area contributed by atoms with Crippen LogP contribution in [0.1, 0.15) is 39.5 Å². The second-order valence-electron chi connectivity index (χ2n) is 5.14. The highest BCUT2D eigenvalue weighted by molar-refractivity contribution is 7.14. The Kier molecular flexibility index (Phi) is 5.93. The van der Waals surface area contributed by atoms with Crippen LogP contribution in [0.4, 0.5) is 5.13 Å². The molecule has 0 fully saturated rings. The van der Waals surface area contributed by atoms with Crippen molar-refractivity contribution in [1.29, 1.82) is 0 Å². The first-order valence-electron chi connectivity index (χ1n) is 7.56. The molecule has 0 aliphatic rings. The van der Waals surface area contributed by atoms with Crippen molar-refractivity contribution in [2.75, 3.05) is 5.32 Å². The summed E-state index contributed by atoms with van der Waals surface area (Å²) in [7, 11) is 0. The fraction of sp³-hybridized carbons (Fsp3) is 0.412. The van der Waals surface area contributed by atoms with E-state index in [1.807, 2.05) is 35.7 Å². The standard InChI is InChI=1S/C17H22N2OS/c1-3-5-9-13(4-2)16(20)19-17-18-15(12-21-17)14-10-7-6-8-11-14/h6-8,10-13H,3-5,9H2,1-2H3,(H,18,19,20). The van der Waals surface area contributed by atoms with Gasteiger partial charge in [-0.15, -0.1) is 11.3 Å². The lowest BCUT2D eigenvalue weighted by atomic mass is 9.99. The number of anilines is 1. The minimum atomic E-state index is 0.0917. The molecule has 1 unspecified atom stereocenters. The summed E-state index contributed by atoms with van der Waals surface area (Å²) in [6.07, 6.45) is 4.05. The zero-order valence-electron chi connectivity index (χ0n) is 12.6. The molecule has 0 bridgehead atoms. The van der Waals surface area contributed by atoms with Crippen LogP contribution in [0, 0.1) is 5.92 Å². The van der Waals surface area contributed by atoms with Gasteiger partial charge in [-0.2, -0.15) is 0 Å². The molecule has 1 aromatic heterocycles. The molecule has 112 valence electrons. The number of thiazole rings is 1. The van der Waals surface area contributed by atoms with Crippen molar-refractivity contribution in [2.24, 2.45) is 5.92 Å². The molecule has 4 heteroatoms. The van der Waals surface area contributed by atoms with Crippen LogP contribution in [0.25, 0.3) is 11.3 Å². The Bertz CT molecular complexity index is 565. The number of nitrogens with one attached hydrogen (secondary N) is 1. The molecule has 1 N–H and O–H groups in total. The fourth-order valence-corrected chi connectivity index (χ4v) is 2.97. The molecule has 2 rings (SSSR count). The number of amides is 1. The largest absolute Gasteiger partial charge is 0.302 e. The summed E-state index contributed by atoms with van der Waals surface area (Å²) in [5.41, 5.74) is 1.99. The maximum atomic E-state index is 12.3. The molecule has 0 saturated carbocycles. The SMILES string of the molecule is CCCCC(CC)C(=O)Nc1nc(-c2ccccc2)cs1. The Morgan fingerprint density at radius 3 is 2.71 bits per heavy atom. The normalized spacial score (nSPS) is 12.1. The summed E-state index contributed by atoms with van der Waals surface area (Å²) >= 11 is 1.48. The molecule has 2 aromatic rings. The van der Waals surface area contributed by atoms with Gasteiger partial charge in [0.1, 0.15) is 0 Å². The molecule has 21 heavy (non-hydrogen) atoms. The minimum Gasteiger partial charge on any atom is -0.302 e. The molecule has 3 nitrogen and oxygen atoms in total. The Morgan fingerprint density at radius 2 is 2.05 bits per heavy atom. The fourth-order valence-electron chi connectivity index (χ4n) is 2.25. The van der Waals surface area contributed by atoms with Gasteiger partial charge in [0.25, 0.3) is 0 Å². The van der Waals surface area contributed by atoms with E-state index in [4.69, 9.17) is 0 Å². The molecule has 1 amide bonds. The molecule has 0 aliphatic heterocycles. The van der Waals surface area contributed by atoms with Crippen LogP contribution >= 0.6 is 11.3 Å². The quantitative estimate of drug-likeness (QED) is 0.785. The molecular weight excluding hydrogens is 280 g/mol. The Labute approximate surface area is 130 Å². The van der Waals surface area contributed by atoms with Crippen molar-refractivity contribution < 1.29 is 4.79 Å². The molecule has 0 radical (unpaired) electrons. The van der Waals surface area contributed by atoms with Crippen molar-refractivity contribution >= 4 is 22.4 Å². The van der Waals surface area contributed by atoms with Gasteiger partial charge in [-0.3, -0.25) is 4.79 Å². The first-order valence-corrected chi connectivity index (χ1v) is 8.44. The van der Waals surface area contributed by atoms with Gasteiger partial charge in [0.15, 0.2) is 5.13 Å². The summed E-state index contributed by atoms with van der Waals surface area (Å²) < 4.78 is 0. The highest BCUT2D eigenvalue weighted by atomic mass is 32.1. The Hall–Kier alpha value is -1.68. The van der Waals surface area contributed by atoms with E-state index in [0.717, 1.165) is 36.9 Å². The van der Waals surface area contributed by atoms with E-state index in [-0.39, 0.29) is 11.8 Å². The summed E-state index contributed by atoms with van der Waals surface area (Å²) in [5, 5.41) is 5.63. The van der Waals surface area contributed by atoms with Crippen LogP contribution in [0.2, 0.25) is 0 Å². The molecular formula is C17H22N2OS. The van der Waals surface area contributed by atoms with E-state index >= 15 is 0 Å². The number of nitrogens with zero attached hydrogens (tertiary/aromatic N) is 1. The molecule has 0 spiro atoms. The second-order valence-corrected chi connectivity index (χ2v) is 6.00. The predicted molar refractivity (Wildman–Crippen MR) is 89.5 cm³/mol. The third-order valence-electron chi connectivity index (χ3n) is 3.57. The van der Waals surface area contributed by atoms with Crippen LogP contribution in [0.5, 0.6) is 0 Å². The van der Waals surface area contributed by atoms with Crippen LogP contribution in [0.15, 0.2) is 35.7 Å². The number of aromatic nitrogens is 1. The van der Waals surface area contributed by atoms with Crippen LogP contribution in [-0.2, 0) is 4.79 Å². The number of rotatable bonds is 7. The average Bonchev–Trinajstić information content (AvgIpc) is 2.97. The zero-order valence-corrected chi connectivity index (χ0v) is 13.5. The van der Waals surface area contributed by atoms with Gasteiger partial charge in [-0.1, -0.05) is 57.0 Å². The number of carbonyl (C=O) groups excluding carboxylic acids is 1. The van der Waals surface area contributed by atoms with Crippen LogP contribution in [0.3, 0.4) is 0 Å². The van der Waals surface area contributed by atoms with Gasteiger partial charge in [0, 0.05) is 16.9 Å². The first-order chi connectivity index (χ1) is 10.2. The summed E-state index contributed by atoms with van der Waals surface area (Å²) in [6.45, 7) is 4.22. The number of unbranched alkanes of at least 4 members (excludes halogenated alkanes) is 1. The first kappa shape index (κ1) is 15.7. The third-order valence-corrected chi connectivity index (χ3v) is 4.33. The Morgan fingerprint density at radius 1 is 1.29 bits per heavy atom. The lowest BCUT2D eigenvalue weighted by Gasteiger charge is -2.12. The average molecular weight is 302 g/mol. The van der Waals surface area contributed by atoms with Gasteiger partial charge >= 0.3 is 0 Å². The van der Waals surface area contributed by atoms with E-state index in [1.54, 1.807) is 0 Å². The topological polar surface area (TPSA) is 42.0 Å². The lowest BCUT2D eigenvalue weighted by molar-refractivity contribution is -0.120. The summed E-state index contributed by atoms with van der Waals surface area (Å²) in [5.74, 6) is 0.189. The van der Waals surface area contributed by atoms with E-state index in [2.05, 4.69) is 24.1 Å². The summed E-state index contributed by atoms with van der Waals surface area (Å²) in [4.78, 5) is 16.8. The Balaban J connectivity index is 2.00. The highest BCUT2D eigenvalue weighted by Crippen LogP contribution is 2.25. The van der Waals surface area contributed by atoms with Gasteiger partial charge in [-0.05, 0) is 12.8 Å². The zero-order chi connectivity index (χ0) is 15.1. The van der Waals surface area contributed by atoms with E-state index in [9.17, 15) is 4.79 Å². The molecule has 1 heterocycles. The highest BCUT2D eigenvalue weighted by Gasteiger charge is 2.17. The van der Waals surface area contributed by atoms with Crippen LogP contribution < -0.4 is 5.32 Å². The van der Waals surface area contributed by atoms with E-state index in [1.165, 1.54) is 11.3 Å². The predicted octanol–water partition coefficient (Wildman–Crippen LogP) is 4.97. The maximum Gasteiger partial charge on any atom is 0.229 e. The van der Waals surface area contributed by atoms with Crippen LogP contribution in [-0.4, -0.2) is 10.9 Å². The number of benzene rings is 1. The lowest BCUT2D eigenvalue weighted by Crippen LogP contribution is -2.22. The number of carbonyl (C=O) groups is 1. The molecule has 1 aromatic carbocycles. The van der Waals surface area contributed by atoms with Crippen molar-refractivity contribution in [3.63, 3.8) is 0 Å². The van der Waals surface area contributed by atoms with Gasteiger partial charge in [0.2, 0.25) is 5.91 Å². The van der Waals surface area contributed by atoms with Crippen molar-refractivity contribution in [1.82, 2.24) is 4.98 Å². The number of hydrogen-bond acceptors (Lipinski definition) is 3. The van der Waals surface area contributed by atoms with Gasteiger partial charge in [0.05, 0.1) is 5.69 Å². The smallest absolute Gasteiger partial charge is 0.229 e. The maximum absolute atomic E-state index is 12.3. The monoisotopic (exact) mass is 302 g/mol. The van der Waals surface area contributed by atoms with Gasteiger partial charge < -0.3 is 5.32 Å². The number of hydrogen-bond donors (Lipinski definition) is 1. The molecule has 0 aliphatic carbocycles. The minimum absolute atomic E-state index is 0.0917. The third kappa shape index (κ3) is 4.39. The molecule has 0 saturated heterocycles. The van der Waals surface area contributed by atoms with E-state index < -0.39 is 0 Å². The molecule has 1 atom stereocenters. The van der Waals surface area contributed by atoms with Crippen molar-refractivity contribution in [3.8, 4) is 11.3 Å². The van der Waals surface area contributed by atoms with Gasteiger partial charge in [-0.25, -0.2) is 4.98 Å². The van der Waals surface area contributed by atoms with Crippen molar-refractivity contribution in [3.05, 3.63) is 35.7 Å². The van der Waals surface area contributed by atoms with Crippen molar-refractivity contribution in [2.45, 2.75) is 39.5 Å².